The van der Waals surface area contributed by atoms with Crippen molar-refractivity contribution in [2.45, 2.75) is 25.3 Å². The molecule has 0 radical (unpaired) electrons. The summed E-state index contributed by atoms with van der Waals surface area (Å²) in [5.74, 6) is -0.889. The number of hydrogen-bond donors (Lipinski definition) is 1. The Morgan fingerprint density at radius 3 is 2.95 bits per heavy atom. The number of nitro groups is 1. The number of nitrogens with zero attached hydrogens (tertiary/aromatic N) is 3. The number of carbonyl (C=O) groups is 1. The van der Waals surface area contributed by atoms with Gasteiger partial charge in [0.1, 0.15) is 5.54 Å². The van der Waals surface area contributed by atoms with Crippen molar-refractivity contribution >= 4 is 33.4 Å². The molecule has 1 aromatic heterocycles. The monoisotopic (exact) mass is 329 g/mol. The van der Waals surface area contributed by atoms with E-state index in [1.165, 1.54) is 17.2 Å². The number of carboxylic acids is 1. The molecule has 7 nitrogen and oxygen atoms in total. The molecule has 0 aromatic carbocycles. The van der Waals surface area contributed by atoms with Crippen LogP contribution in [0.15, 0.2) is 16.7 Å². The second-order valence-electron chi connectivity index (χ2n) is 4.59. The Kier molecular flexibility index (Phi) is 3.44. The normalized spacial score (nSPS) is 22.5. The van der Waals surface area contributed by atoms with Crippen molar-refractivity contribution in [2.75, 3.05) is 11.4 Å². The number of aliphatic carboxylic acids is 1. The molecule has 1 aliphatic rings. The summed E-state index contributed by atoms with van der Waals surface area (Å²) in [7, 11) is 0. The van der Waals surface area contributed by atoms with Gasteiger partial charge in [-0.05, 0) is 35.7 Å². The van der Waals surface area contributed by atoms with E-state index >= 15 is 0 Å². The minimum absolute atomic E-state index is 0.107. The molecule has 0 saturated carbocycles. The maximum absolute atomic E-state index is 11.4. The zero-order valence-corrected chi connectivity index (χ0v) is 11.8. The Hall–Kier alpha value is -1.70. The first-order valence-electron chi connectivity index (χ1n) is 5.67. The van der Waals surface area contributed by atoms with Gasteiger partial charge < -0.3 is 10.0 Å². The number of anilines is 1. The molecule has 1 N–H and O–H groups in total. The summed E-state index contributed by atoms with van der Waals surface area (Å²) in [5, 5.41) is 20.4. The van der Waals surface area contributed by atoms with Crippen molar-refractivity contribution in [1.82, 2.24) is 4.98 Å². The molecule has 1 aliphatic heterocycles. The lowest BCUT2D eigenvalue weighted by Gasteiger charge is -2.31. The minimum Gasteiger partial charge on any atom is -0.480 e. The summed E-state index contributed by atoms with van der Waals surface area (Å²) in [5.41, 5.74) is -1.34. The second-order valence-corrected chi connectivity index (χ2v) is 5.50. The Labute approximate surface area is 117 Å². The molecule has 19 heavy (non-hydrogen) atoms. The van der Waals surface area contributed by atoms with Gasteiger partial charge in [-0.15, -0.1) is 0 Å². The van der Waals surface area contributed by atoms with Crippen molar-refractivity contribution in [3.05, 3.63) is 26.9 Å². The Bertz CT molecular complexity index is 551. The molecule has 0 spiro atoms. The van der Waals surface area contributed by atoms with Crippen molar-refractivity contribution in [1.29, 1.82) is 0 Å². The third-order valence-electron chi connectivity index (χ3n) is 3.37. The molecule has 0 bridgehead atoms. The Morgan fingerprint density at radius 1 is 1.68 bits per heavy atom. The number of pyridine rings is 1. The number of carboxylic acid groups (broad SMARTS) is 1. The van der Waals surface area contributed by atoms with Gasteiger partial charge in [0.25, 0.3) is 0 Å². The molecule has 1 fully saturated rings. The summed E-state index contributed by atoms with van der Waals surface area (Å²) in [6, 6.07) is 1.34. The van der Waals surface area contributed by atoms with E-state index in [1.807, 2.05) is 0 Å². The fourth-order valence-corrected chi connectivity index (χ4v) is 2.61. The number of hydrogen-bond acceptors (Lipinski definition) is 5. The zero-order chi connectivity index (χ0) is 14.2. The van der Waals surface area contributed by atoms with Crippen LogP contribution in [0, 0.1) is 10.1 Å². The van der Waals surface area contributed by atoms with Crippen molar-refractivity contribution in [3.63, 3.8) is 0 Å². The molecular weight excluding hydrogens is 318 g/mol. The predicted octanol–water partition coefficient (Wildman–Crippen LogP) is 2.20. The third kappa shape index (κ3) is 2.27. The van der Waals surface area contributed by atoms with E-state index in [2.05, 4.69) is 20.9 Å². The molecule has 1 saturated heterocycles. The minimum atomic E-state index is -1.15. The van der Waals surface area contributed by atoms with Crippen LogP contribution in [0.3, 0.4) is 0 Å². The SMILES string of the molecule is CC1(C(=O)O)CCCN1c1ncc(Br)cc1[N+](=O)[O-]. The van der Waals surface area contributed by atoms with E-state index in [0.717, 1.165) is 0 Å². The van der Waals surface area contributed by atoms with Crippen LogP contribution in [0.2, 0.25) is 0 Å². The van der Waals surface area contributed by atoms with Crippen molar-refractivity contribution in [3.8, 4) is 0 Å². The van der Waals surface area contributed by atoms with Gasteiger partial charge in [-0.2, -0.15) is 0 Å². The van der Waals surface area contributed by atoms with Gasteiger partial charge in [-0.25, -0.2) is 9.78 Å². The van der Waals surface area contributed by atoms with Crippen LogP contribution >= 0.6 is 15.9 Å². The fourth-order valence-electron chi connectivity index (χ4n) is 2.29. The highest BCUT2D eigenvalue weighted by Gasteiger charge is 2.46. The molecule has 1 unspecified atom stereocenters. The molecule has 1 atom stereocenters. The topological polar surface area (TPSA) is 96.6 Å². The maximum Gasteiger partial charge on any atom is 0.329 e. The fraction of sp³-hybridized carbons (Fsp3) is 0.455. The van der Waals surface area contributed by atoms with Crippen LogP contribution in [0.4, 0.5) is 11.5 Å². The van der Waals surface area contributed by atoms with E-state index < -0.39 is 16.4 Å². The van der Waals surface area contributed by atoms with Crippen molar-refractivity contribution in [2.24, 2.45) is 0 Å². The summed E-state index contributed by atoms with van der Waals surface area (Å²) < 4.78 is 0.485. The van der Waals surface area contributed by atoms with E-state index in [4.69, 9.17) is 0 Å². The van der Waals surface area contributed by atoms with Crippen LogP contribution in [-0.2, 0) is 4.79 Å². The first-order valence-corrected chi connectivity index (χ1v) is 6.46. The first-order chi connectivity index (χ1) is 8.86. The lowest BCUT2D eigenvalue weighted by atomic mass is 9.99. The highest BCUT2D eigenvalue weighted by atomic mass is 79.9. The lowest BCUT2D eigenvalue weighted by Crippen LogP contribution is -2.48. The maximum atomic E-state index is 11.4. The Morgan fingerprint density at radius 2 is 2.37 bits per heavy atom. The third-order valence-corrected chi connectivity index (χ3v) is 3.80. The molecular formula is C11H12BrN3O4. The molecule has 0 amide bonds. The van der Waals surface area contributed by atoms with Crippen molar-refractivity contribution < 1.29 is 14.8 Å². The van der Waals surface area contributed by atoms with Crippen LogP contribution < -0.4 is 4.90 Å². The molecule has 2 rings (SSSR count). The summed E-state index contributed by atoms with van der Waals surface area (Å²) in [6.07, 6.45) is 2.54. The average molecular weight is 330 g/mol. The summed E-state index contributed by atoms with van der Waals surface area (Å²) >= 11 is 3.13. The average Bonchev–Trinajstić information content (AvgIpc) is 2.72. The van der Waals surface area contributed by atoms with E-state index in [9.17, 15) is 20.0 Å². The largest absolute Gasteiger partial charge is 0.480 e. The van der Waals surface area contributed by atoms with Gasteiger partial charge in [0.15, 0.2) is 0 Å². The van der Waals surface area contributed by atoms with Crippen LogP contribution in [0.1, 0.15) is 19.8 Å². The van der Waals surface area contributed by atoms with Gasteiger partial charge >= 0.3 is 11.7 Å². The van der Waals surface area contributed by atoms with E-state index in [-0.39, 0.29) is 11.5 Å². The molecule has 1 aromatic rings. The highest BCUT2D eigenvalue weighted by molar-refractivity contribution is 9.10. The molecule has 2 heterocycles. The number of halogens is 1. The second kappa shape index (κ2) is 4.76. The Balaban J connectivity index is 2.53. The van der Waals surface area contributed by atoms with Crippen LogP contribution in [-0.4, -0.2) is 33.1 Å². The van der Waals surface area contributed by atoms with Gasteiger partial charge in [0.2, 0.25) is 5.82 Å². The highest BCUT2D eigenvalue weighted by Crippen LogP contribution is 2.38. The quantitative estimate of drug-likeness (QED) is 0.674. The number of rotatable bonds is 3. The van der Waals surface area contributed by atoms with Crippen LogP contribution in [0.25, 0.3) is 0 Å². The number of aromatic nitrogens is 1. The summed E-state index contributed by atoms with van der Waals surface area (Å²) in [4.78, 5) is 27.5. The van der Waals surface area contributed by atoms with Gasteiger partial charge in [0.05, 0.1) is 4.92 Å². The smallest absolute Gasteiger partial charge is 0.329 e. The predicted molar refractivity (Wildman–Crippen MR) is 71.2 cm³/mol. The standard InChI is InChI=1S/C11H12BrN3O4/c1-11(10(16)17)3-2-4-14(11)9-8(15(18)19)5-7(12)6-13-9/h5-6H,2-4H2,1H3,(H,16,17). The summed E-state index contributed by atoms with van der Waals surface area (Å²) in [6.45, 7) is 2.01. The van der Waals surface area contributed by atoms with E-state index in [0.29, 0.717) is 23.9 Å². The van der Waals surface area contributed by atoms with Crippen LogP contribution in [0.5, 0.6) is 0 Å². The molecule has 102 valence electrons. The van der Waals surface area contributed by atoms with Gasteiger partial charge in [-0.1, -0.05) is 0 Å². The van der Waals surface area contributed by atoms with Gasteiger partial charge in [-0.3, -0.25) is 10.1 Å². The van der Waals surface area contributed by atoms with E-state index in [1.54, 1.807) is 6.92 Å². The zero-order valence-electron chi connectivity index (χ0n) is 10.2. The first kappa shape index (κ1) is 13.7. The molecule has 8 heteroatoms. The molecule has 0 aliphatic carbocycles. The van der Waals surface area contributed by atoms with Gasteiger partial charge in [0, 0.05) is 23.3 Å². The lowest BCUT2D eigenvalue weighted by molar-refractivity contribution is -0.384.